The summed E-state index contributed by atoms with van der Waals surface area (Å²) in [6, 6.07) is 20.7. The van der Waals surface area contributed by atoms with Crippen LogP contribution in [0.3, 0.4) is 0 Å². The Morgan fingerprint density at radius 3 is 2.00 bits per heavy atom. The Bertz CT molecular complexity index is 1110. The zero-order valence-corrected chi connectivity index (χ0v) is 16.3. The lowest BCUT2D eigenvalue weighted by molar-refractivity contribution is -0.120. The second kappa shape index (κ2) is 7.83. The summed E-state index contributed by atoms with van der Waals surface area (Å²) in [5, 5.41) is 2.78. The molecular weight excluding hydrogens is 380 g/mol. The molecular formula is C24H20N2O4. The molecule has 0 saturated heterocycles. The maximum absolute atomic E-state index is 12.9. The normalized spacial score (nSPS) is 13.1. The third-order valence-electron chi connectivity index (χ3n) is 5.35. The van der Waals surface area contributed by atoms with Gasteiger partial charge in [-0.2, -0.15) is 0 Å². The molecule has 6 heteroatoms. The van der Waals surface area contributed by atoms with Crippen molar-refractivity contribution in [3.05, 3.63) is 95.1 Å². The summed E-state index contributed by atoms with van der Waals surface area (Å²) in [7, 11) is 1.27. The van der Waals surface area contributed by atoms with Crippen LogP contribution in [0.2, 0.25) is 0 Å². The molecule has 0 fully saturated rings. The van der Waals surface area contributed by atoms with Crippen LogP contribution in [0.25, 0.3) is 11.1 Å². The van der Waals surface area contributed by atoms with E-state index in [-0.39, 0.29) is 11.1 Å². The van der Waals surface area contributed by atoms with Crippen LogP contribution in [0.5, 0.6) is 0 Å². The SMILES string of the molecule is COC(=O)c1cccc(C(=O)N[C@H](C(N)=O)C2c3ccccc3-c3ccccc32)c1. The molecule has 0 spiro atoms. The van der Waals surface area contributed by atoms with Gasteiger partial charge in [-0.3, -0.25) is 9.59 Å². The van der Waals surface area contributed by atoms with Gasteiger partial charge in [-0.1, -0.05) is 54.6 Å². The molecule has 150 valence electrons. The molecule has 1 aliphatic carbocycles. The maximum Gasteiger partial charge on any atom is 0.337 e. The van der Waals surface area contributed by atoms with Gasteiger partial charge >= 0.3 is 5.97 Å². The Hall–Kier alpha value is -3.93. The van der Waals surface area contributed by atoms with Crippen molar-refractivity contribution in [2.45, 2.75) is 12.0 Å². The average molecular weight is 400 g/mol. The summed E-state index contributed by atoms with van der Waals surface area (Å²) < 4.78 is 4.70. The van der Waals surface area contributed by atoms with Crippen LogP contribution < -0.4 is 11.1 Å². The van der Waals surface area contributed by atoms with E-state index in [2.05, 4.69) is 5.32 Å². The standard InChI is InChI=1S/C24H20N2O4/c1-30-24(29)15-8-6-7-14(13-15)23(28)26-21(22(25)27)20-18-11-4-2-9-16(18)17-10-3-5-12-19(17)20/h2-13,20-21H,1H3,(H2,25,27)(H,26,28)/t21-/m0/s1. The number of hydrogen-bond acceptors (Lipinski definition) is 4. The molecule has 0 bridgehead atoms. The molecule has 3 N–H and O–H groups in total. The predicted octanol–water partition coefficient (Wildman–Crippen LogP) is 2.87. The largest absolute Gasteiger partial charge is 0.465 e. The van der Waals surface area contributed by atoms with Crippen molar-refractivity contribution in [1.29, 1.82) is 0 Å². The van der Waals surface area contributed by atoms with E-state index < -0.39 is 29.7 Å². The number of ether oxygens (including phenoxy) is 1. The highest BCUT2D eigenvalue weighted by atomic mass is 16.5. The Morgan fingerprint density at radius 1 is 0.867 bits per heavy atom. The molecule has 4 rings (SSSR count). The summed E-state index contributed by atoms with van der Waals surface area (Å²) >= 11 is 0. The number of nitrogens with two attached hydrogens (primary N) is 1. The quantitative estimate of drug-likeness (QED) is 0.644. The number of methoxy groups -OCH3 is 1. The fourth-order valence-electron chi connectivity index (χ4n) is 4.00. The molecule has 0 aliphatic heterocycles. The van der Waals surface area contributed by atoms with E-state index in [1.807, 2.05) is 48.5 Å². The van der Waals surface area contributed by atoms with Gasteiger partial charge in [0, 0.05) is 11.5 Å². The number of carbonyl (C=O) groups is 3. The van der Waals surface area contributed by atoms with Gasteiger partial charge in [0.25, 0.3) is 5.91 Å². The molecule has 6 nitrogen and oxygen atoms in total. The van der Waals surface area contributed by atoms with Crippen molar-refractivity contribution >= 4 is 17.8 Å². The Labute approximate surface area is 173 Å². The van der Waals surface area contributed by atoms with E-state index in [0.29, 0.717) is 0 Å². The zero-order chi connectivity index (χ0) is 21.3. The van der Waals surface area contributed by atoms with E-state index in [4.69, 9.17) is 10.5 Å². The van der Waals surface area contributed by atoms with Crippen LogP contribution in [-0.4, -0.2) is 30.9 Å². The summed E-state index contributed by atoms with van der Waals surface area (Å²) in [5.74, 6) is -2.08. The zero-order valence-electron chi connectivity index (χ0n) is 16.3. The van der Waals surface area contributed by atoms with Crippen LogP contribution in [0.15, 0.2) is 72.8 Å². The van der Waals surface area contributed by atoms with Crippen molar-refractivity contribution in [2.75, 3.05) is 7.11 Å². The fourth-order valence-corrected chi connectivity index (χ4v) is 4.00. The molecule has 0 radical (unpaired) electrons. The molecule has 0 unspecified atom stereocenters. The molecule has 30 heavy (non-hydrogen) atoms. The monoisotopic (exact) mass is 400 g/mol. The van der Waals surface area contributed by atoms with Crippen LogP contribution in [0.4, 0.5) is 0 Å². The number of fused-ring (bicyclic) bond motifs is 3. The van der Waals surface area contributed by atoms with E-state index in [1.165, 1.54) is 13.2 Å². The number of primary amides is 1. The predicted molar refractivity (Wildman–Crippen MR) is 112 cm³/mol. The van der Waals surface area contributed by atoms with Crippen molar-refractivity contribution < 1.29 is 19.1 Å². The van der Waals surface area contributed by atoms with E-state index in [1.54, 1.807) is 18.2 Å². The lowest BCUT2D eigenvalue weighted by Gasteiger charge is -2.24. The van der Waals surface area contributed by atoms with Crippen LogP contribution in [0.1, 0.15) is 37.8 Å². The van der Waals surface area contributed by atoms with Gasteiger partial charge in [-0.25, -0.2) is 4.79 Å². The van der Waals surface area contributed by atoms with E-state index in [9.17, 15) is 14.4 Å². The number of rotatable bonds is 5. The first-order valence-electron chi connectivity index (χ1n) is 9.48. The third kappa shape index (κ3) is 3.33. The minimum atomic E-state index is -0.955. The minimum absolute atomic E-state index is 0.240. The van der Waals surface area contributed by atoms with Crippen LogP contribution in [0, 0.1) is 0 Å². The Balaban J connectivity index is 1.70. The average Bonchev–Trinajstić information content (AvgIpc) is 3.11. The second-order valence-electron chi connectivity index (χ2n) is 7.08. The van der Waals surface area contributed by atoms with Gasteiger partial charge in [0.2, 0.25) is 5.91 Å². The Kier molecular flexibility index (Phi) is 5.06. The lowest BCUT2D eigenvalue weighted by Crippen LogP contribution is -2.48. The summed E-state index contributed by atoms with van der Waals surface area (Å²) in [5.41, 5.74) is 10.1. The van der Waals surface area contributed by atoms with Gasteiger partial charge in [0.15, 0.2) is 0 Å². The molecule has 2 amide bonds. The molecule has 1 atom stereocenters. The molecule has 3 aromatic carbocycles. The highest BCUT2D eigenvalue weighted by Crippen LogP contribution is 2.46. The van der Waals surface area contributed by atoms with Gasteiger partial charge in [0.05, 0.1) is 12.7 Å². The van der Waals surface area contributed by atoms with Crippen LogP contribution in [-0.2, 0) is 9.53 Å². The van der Waals surface area contributed by atoms with Gasteiger partial charge in [-0.15, -0.1) is 0 Å². The molecule has 0 aromatic heterocycles. The van der Waals surface area contributed by atoms with Gasteiger partial charge < -0.3 is 15.8 Å². The fraction of sp³-hybridized carbons (Fsp3) is 0.125. The van der Waals surface area contributed by atoms with E-state index in [0.717, 1.165) is 22.3 Å². The molecule has 3 aromatic rings. The number of nitrogens with one attached hydrogen (secondary N) is 1. The first-order valence-corrected chi connectivity index (χ1v) is 9.48. The van der Waals surface area contributed by atoms with Crippen molar-refractivity contribution in [3.8, 4) is 11.1 Å². The van der Waals surface area contributed by atoms with Crippen LogP contribution >= 0.6 is 0 Å². The van der Waals surface area contributed by atoms with Crippen molar-refractivity contribution in [3.63, 3.8) is 0 Å². The number of hydrogen-bond donors (Lipinski definition) is 2. The number of esters is 1. The minimum Gasteiger partial charge on any atom is -0.465 e. The van der Waals surface area contributed by atoms with Crippen molar-refractivity contribution in [1.82, 2.24) is 5.32 Å². The Morgan fingerprint density at radius 2 is 1.43 bits per heavy atom. The molecule has 0 saturated carbocycles. The molecule has 1 aliphatic rings. The van der Waals surface area contributed by atoms with E-state index >= 15 is 0 Å². The highest BCUT2D eigenvalue weighted by molar-refractivity contribution is 6.00. The number of benzene rings is 3. The third-order valence-corrected chi connectivity index (χ3v) is 5.35. The highest BCUT2D eigenvalue weighted by Gasteiger charge is 2.38. The maximum atomic E-state index is 12.9. The second-order valence-corrected chi connectivity index (χ2v) is 7.08. The number of carbonyl (C=O) groups excluding carboxylic acids is 3. The summed E-state index contributed by atoms with van der Waals surface area (Å²) in [6.07, 6.45) is 0. The topological polar surface area (TPSA) is 98.5 Å². The van der Waals surface area contributed by atoms with Gasteiger partial charge in [0.1, 0.15) is 6.04 Å². The summed E-state index contributed by atoms with van der Waals surface area (Å²) in [4.78, 5) is 37.1. The summed E-state index contributed by atoms with van der Waals surface area (Å²) in [6.45, 7) is 0. The van der Waals surface area contributed by atoms with Crippen molar-refractivity contribution in [2.24, 2.45) is 5.73 Å². The molecule has 0 heterocycles. The first-order chi connectivity index (χ1) is 14.5. The number of amides is 2. The van der Waals surface area contributed by atoms with Gasteiger partial charge in [-0.05, 0) is 40.5 Å². The first kappa shape index (κ1) is 19.4. The lowest BCUT2D eigenvalue weighted by atomic mass is 9.88. The smallest absolute Gasteiger partial charge is 0.337 e.